The molecule has 0 amide bonds. The Kier molecular flexibility index (Phi) is 24.8. The fourth-order valence-electron chi connectivity index (χ4n) is 4.15. The molecule has 0 aromatic rings. The number of rotatable bonds is 16. The van der Waals surface area contributed by atoms with Gasteiger partial charge in [-0.15, -0.1) is 0 Å². The molecule has 14 heteroatoms. The average Bonchev–Trinajstić information content (AvgIpc) is 2.65. The largest absolute Gasteiger partial charge is 1.00 e. The molecule has 3 unspecified atom stereocenters. The Hall–Kier alpha value is -0.444. The van der Waals surface area contributed by atoms with Gasteiger partial charge in [0.2, 0.25) is 0 Å². The summed E-state index contributed by atoms with van der Waals surface area (Å²) in [6.45, 7) is 7.80. The van der Waals surface area contributed by atoms with Crippen LogP contribution in [0, 0.1) is 32.6 Å². The molecule has 3 N–H and O–H groups in total. The van der Waals surface area contributed by atoms with Crippen LogP contribution in [0.15, 0.2) is 0 Å². The fraction of sp³-hybridized carbons (Fsp3) is 0.900. The van der Waals surface area contributed by atoms with Crippen LogP contribution in [0.4, 0.5) is 0 Å². The van der Waals surface area contributed by atoms with Crippen LogP contribution < -0.4 is 29.6 Å². The molecule has 0 rings (SSSR count). The van der Waals surface area contributed by atoms with Crippen molar-refractivity contribution in [2.75, 3.05) is 0 Å². The molecule has 0 aliphatic heterocycles. The zero-order chi connectivity index (χ0) is 25.5. The molecule has 0 aliphatic carbocycles. The molecule has 0 spiro atoms. The van der Waals surface area contributed by atoms with Crippen molar-refractivity contribution in [3.8, 4) is 0 Å². The maximum atomic E-state index is 12.4. The second-order valence-corrected chi connectivity index (χ2v) is 9.66. The van der Waals surface area contributed by atoms with Crippen LogP contribution in [0.25, 0.3) is 0 Å². The smallest absolute Gasteiger partial charge is 0.481 e. The second-order valence-electron chi connectivity index (χ2n) is 8.16. The van der Waals surface area contributed by atoms with Crippen LogP contribution in [0.3, 0.4) is 0 Å². The Morgan fingerprint density at radius 2 is 1.24 bits per heavy atom. The molecule has 0 aliphatic rings. The molecule has 1 radical (unpaired) electrons. The summed E-state index contributed by atoms with van der Waals surface area (Å²) in [5.74, 6) is -3.50. The van der Waals surface area contributed by atoms with Crippen LogP contribution in [0.2, 0.25) is 0 Å². The zero-order valence-electron chi connectivity index (χ0n) is 20.7. The maximum Gasteiger partial charge on any atom is 1.00 e. The van der Waals surface area contributed by atoms with Gasteiger partial charge in [-0.1, -0.05) is 79.1 Å². The average molecular weight is 567 g/mol. The van der Waals surface area contributed by atoms with Crippen LogP contribution in [-0.2, 0) is 36.5 Å². The second kappa shape index (κ2) is 20.7. The van der Waals surface area contributed by atoms with Crippen LogP contribution in [0.1, 0.15) is 91.9 Å². The molecular formula is C20H38CoNNaO10S. The van der Waals surface area contributed by atoms with E-state index in [0.29, 0.717) is 25.7 Å². The van der Waals surface area contributed by atoms with Crippen molar-refractivity contribution in [3.05, 3.63) is 15.3 Å². The number of carbonyl (C=O) groups is 2. The molecule has 199 valence electrons. The monoisotopic (exact) mass is 566 g/mol. The van der Waals surface area contributed by atoms with Crippen molar-refractivity contribution in [1.82, 2.24) is 0 Å². The van der Waals surface area contributed by atoms with E-state index < -0.39 is 37.8 Å². The van der Waals surface area contributed by atoms with Gasteiger partial charge >= 0.3 is 41.5 Å². The number of hydrogen-bond donors (Lipinski definition) is 3. The first kappa shape index (κ1) is 40.7. The van der Waals surface area contributed by atoms with Crippen molar-refractivity contribution in [2.24, 2.45) is 17.3 Å². The predicted molar refractivity (Wildman–Crippen MR) is 119 cm³/mol. The molecule has 34 heavy (non-hydrogen) atoms. The Balaban J connectivity index is -0.000000690. The Labute approximate surface area is 234 Å². The summed E-state index contributed by atoms with van der Waals surface area (Å²) < 4.78 is 33.7. The molecule has 0 bridgehead atoms. The maximum absolute atomic E-state index is 12.4. The van der Waals surface area contributed by atoms with Crippen molar-refractivity contribution in [1.29, 1.82) is 0 Å². The molecule has 0 aromatic heterocycles. The van der Waals surface area contributed by atoms with E-state index in [9.17, 15) is 32.8 Å². The van der Waals surface area contributed by atoms with Crippen LogP contribution in [0.5, 0.6) is 0 Å². The first-order valence-electron chi connectivity index (χ1n) is 11.0. The van der Waals surface area contributed by atoms with Gasteiger partial charge in [0, 0.05) is 16.8 Å². The molecule has 11 nitrogen and oxygen atoms in total. The molecule has 0 heterocycles. The topological polar surface area (TPSA) is 195 Å². The number of aliphatic carboxylic acids is 2. The fourth-order valence-corrected chi connectivity index (χ4v) is 5.27. The third-order valence-electron chi connectivity index (χ3n) is 5.84. The normalized spacial score (nSPS) is 15.1. The van der Waals surface area contributed by atoms with Crippen molar-refractivity contribution in [3.63, 3.8) is 0 Å². The third kappa shape index (κ3) is 15.5. The van der Waals surface area contributed by atoms with E-state index in [4.69, 9.17) is 15.3 Å². The SMILES string of the molecule is CCCCC(CC)CC(CC(CC)CCCC)(C(=O)O)C(C(=O)O)S(=O)(=O)O.O=[N+]([O-])[O-].[Co].[Na+]. The molecular weight excluding hydrogens is 528 g/mol. The minimum Gasteiger partial charge on any atom is -0.481 e. The van der Waals surface area contributed by atoms with Gasteiger partial charge in [-0.25, -0.2) is 0 Å². The van der Waals surface area contributed by atoms with Crippen molar-refractivity contribution >= 4 is 22.1 Å². The summed E-state index contributed by atoms with van der Waals surface area (Å²) in [5, 5.41) is 32.1. The first-order valence-corrected chi connectivity index (χ1v) is 12.5. The van der Waals surface area contributed by atoms with E-state index in [0.717, 1.165) is 25.7 Å². The number of carboxylic acid groups (broad SMARTS) is 2. The van der Waals surface area contributed by atoms with Crippen LogP contribution >= 0.6 is 0 Å². The minimum atomic E-state index is -5.10. The summed E-state index contributed by atoms with van der Waals surface area (Å²) in [5.41, 5.74) is -2.05. The van der Waals surface area contributed by atoms with Crippen molar-refractivity contribution < 1.29 is 84.2 Å². The zero-order valence-corrected chi connectivity index (χ0v) is 24.5. The van der Waals surface area contributed by atoms with Gasteiger partial charge in [0.05, 0.1) is 10.5 Å². The van der Waals surface area contributed by atoms with Gasteiger partial charge in [0.15, 0.2) is 5.25 Å². The van der Waals surface area contributed by atoms with E-state index in [1.165, 1.54) is 0 Å². The van der Waals surface area contributed by atoms with E-state index in [1.807, 2.05) is 27.7 Å². The standard InChI is InChI=1S/C20H38O7S.Co.NO3.Na/c1-5-9-11-15(7-3)13-20(19(23)24,14-16(8-4)12-10-6-2)17(18(21)22)28(25,26)27;;2-1(3)4;/h15-17H,5-14H2,1-4H3,(H,21,22)(H,23,24)(H,25,26,27);;;/q;;-1;+1. The Morgan fingerprint density at radius 1 is 0.912 bits per heavy atom. The Bertz CT molecular complexity index is 671. The summed E-state index contributed by atoms with van der Waals surface area (Å²) in [4.78, 5) is 32.5. The van der Waals surface area contributed by atoms with Gasteiger partial charge in [-0.2, -0.15) is 8.42 Å². The van der Waals surface area contributed by atoms with E-state index >= 15 is 0 Å². The summed E-state index contributed by atoms with van der Waals surface area (Å²) in [7, 11) is -5.10. The summed E-state index contributed by atoms with van der Waals surface area (Å²) in [6.07, 6.45) is 6.02. The molecule has 0 saturated carbocycles. The Morgan fingerprint density at radius 3 is 1.41 bits per heavy atom. The van der Waals surface area contributed by atoms with Gasteiger partial charge in [-0.05, 0) is 24.7 Å². The number of nitrogens with zero attached hydrogens (tertiary/aromatic N) is 1. The van der Waals surface area contributed by atoms with Gasteiger partial charge in [0.25, 0.3) is 10.1 Å². The van der Waals surface area contributed by atoms with E-state index in [-0.39, 0.29) is 71.0 Å². The number of carboxylic acids is 2. The summed E-state index contributed by atoms with van der Waals surface area (Å²) in [6, 6.07) is 0. The van der Waals surface area contributed by atoms with Crippen LogP contribution in [-0.4, -0.2) is 45.5 Å². The van der Waals surface area contributed by atoms with E-state index in [2.05, 4.69) is 0 Å². The molecule has 0 fully saturated rings. The number of hydrogen-bond acceptors (Lipinski definition) is 7. The minimum absolute atomic E-state index is 0. The number of unbranched alkanes of at least 4 members (excludes halogenated alkanes) is 2. The predicted octanol–water partition coefficient (Wildman–Crippen LogP) is 1.37. The molecule has 3 atom stereocenters. The molecule has 0 saturated heterocycles. The summed E-state index contributed by atoms with van der Waals surface area (Å²) >= 11 is 0. The van der Waals surface area contributed by atoms with Gasteiger partial charge in [0.1, 0.15) is 0 Å². The van der Waals surface area contributed by atoms with Gasteiger partial charge in [-0.3, -0.25) is 14.1 Å². The quantitative estimate of drug-likeness (QED) is 0.106. The van der Waals surface area contributed by atoms with Gasteiger partial charge < -0.3 is 25.5 Å². The third-order valence-corrected chi connectivity index (χ3v) is 7.09. The van der Waals surface area contributed by atoms with E-state index in [1.54, 1.807) is 0 Å². The van der Waals surface area contributed by atoms with Crippen molar-refractivity contribution in [2.45, 2.75) is 97.2 Å². The first-order chi connectivity index (χ1) is 14.7. The molecule has 0 aromatic carbocycles.